The van der Waals surface area contributed by atoms with Crippen molar-refractivity contribution in [2.45, 2.75) is 0 Å². The molecule has 0 aliphatic rings. The monoisotopic (exact) mass is 144 g/mol. The van der Waals surface area contributed by atoms with Crippen molar-refractivity contribution in [2.24, 2.45) is 0 Å². The van der Waals surface area contributed by atoms with Crippen molar-refractivity contribution < 1.29 is 91.9 Å². The van der Waals surface area contributed by atoms with E-state index in [4.69, 9.17) is 0 Å². The van der Waals surface area contributed by atoms with Gasteiger partial charge in [0.25, 0.3) is 0 Å². The van der Waals surface area contributed by atoms with Gasteiger partial charge in [0.2, 0.25) is 0 Å². The van der Waals surface area contributed by atoms with Gasteiger partial charge in [0.1, 0.15) is 0 Å². The summed E-state index contributed by atoms with van der Waals surface area (Å²) in [7, 11) is 0. The van der Waals surface area contributed by atoms with Crippen LogP contribution in [0.4, 0.5) is 0 Å². The van der Waals surface area contributed by atoms with E-state index in [1.54, 1.807) is 0 Å². The van der Waals surface area contributed by atoms with Gasteiger partial charge in [0.15, 0.2) is 0 Å². The molecule has 0 saturated heterocycles. The molecule has 0 atom stereocenters. The quantitative estimate of drug-likeness (QED) is 0.297. The predicted molar refractivity (Wildman–Crippen MR) is 0 cm³/mol. The third-order valence-corrected chi connectivity index (χ3v) is 0. The van der Waals surface area contributed by atoms with Crippen LogP contribution in [0.2, 0.25) is 0 Å². The van der Waals surface area contributed by atoms with E-state index in [2.05, 4.69) is 0 Å². The standard InChI is InChI=1S/BrH.FH.K.Li/h2*1H;;/q;;2*+1/p-2. The first-order valence-electron chi connectivity index (χ1n) is 0. The van der Waals surface area contributed by atoms with Crippen molar-refractivity contribution in [1.82, 2.24) is 0 Å². The van der Waals surface area contributed by atoms with Gasteiger partial charge in [-0.15, -0.1) is 0 Å². The molecule has 0 N–H and O–H groups in total. The second-order valence-electron chi connectivity index (χ2n) is 0. The summed E-state index contributed by atoms with van der Waals surface area (Å²) >= 11 is 0. The van der Waals surface area contributed by atoms with Crippen LogP contribution in [0.25, 0.3) is 0 Å². The fourth-order valence-electron chi connectivity index (χ4n) is 0. The SMILES string of the molecule is [Br-].[F-].[K+].[Li+]. The molecule has 0 aromatic rings. The fourth-order valence-corrected chi connectivity index (χ4v) is 0. The van der Waals surface area contributed by atoms with Crippen molar-refractivity contribution in [1.29, 1.82) is 0 Å². The Morgan fingerprint density at radius 1 is 1.00 bits per heavy atom. The molecule has 0 saturated carbocycles. The average Bonchev–Trinajstić information content (AvgIpc) is 0. The molecule has 16 valence electrons. The summed E-state index contributed by atoms with van der Waals surface area (Å²) in [6, 6.07) is 0. The zero-order valence-electron chi connectivity index (χ0n) is 2.76. The number of hydrogen-bond donors (Lipinski definition) is 0. The maximum absolute atomic E-state index is 0. The maximum atomic E-state index is 0. The van der Waals surface area contributed by atoms with E-state index in [1.165, 1.54) is 0 Å². The van der Waals surface area contributed by atoms with Crippen LogP contribution in [0.5, 0.6) is 0 Å². The molecule has 4 heteroatoms. The van der Waals surface area contributed by atoms with Crippen molar-refractivity contribution in [3.8, 4) is 0 Å². The van der Waals surface area contributed by atoms with E-state index < -0.39 is 0 Å². The minimum Gasteiger partial charge on any atom is -1.00 e. The van der Waals surface area contributed by atoms with Gasteiger partial charge in [-0.05, 0) is 0 Å². The zero-order chi connectivity index (χ0) is 0. The Bertz CT molecular complexity index is 8.00. The Morgan fingerprint density at radius 2 is 1.00 bits per heavy atom. The second kappa shape index (κ2) is 17.4. The number of hydrogen-bond acceptors (Lipinski definition) is 0. The molecule has 0 bridgehead atoms. The van der Waals surface area contributed by atoms with E-state index in [0.717, 1.165) is 0 Å². The minimum absolute atomic E-state index is 0. The van der Waals surface area contributed by atoms with Gasteiger partial charge in [0.05, 0.1) is 0 Å². The first-order chi connectivity index (χ1) is 0. The molecule has 0 aromatic heterocycles. The molecular formula is BrFKLi. The van der Waals surface area contributed by atoms with Crippen LogP contribution in [0.1, 0.15) is 0 Å². The predicted octanol–water partition coefficient (Wildman–Crippen LogP) is -12.0. The van der Waals surface area contributed by atoms with Gasteiger partial charge in [-0.3, -0.25) is 0 Å². The van der Waals surface area contributed by atoms with E-state index in [0.29, 0.717) is 0 Å². The zero-order valence-corrected chi connectivity index (χ0v) is 7.47. The van der Waals surface area contributed by atoms with Crippen molar-refractivity contribution >= 4 is 0 Å². The largest absolute Gasteiger partial charge is 1.00 e. The smallest absolute Gasteiger partial charge is 1.00 e. The molecule has 0 unspecified atom stereocenters. The number of rotatable bonds is 0. The van der Waals surface area contributed by atoms with Crippen LogP contribution in [-0.2, 0) is 0 Å². The first-order valence-corrected chi connectivity index (χ1v) is 0. The maximum Gasteiger partial charge on any atom is 1.00 e. The summed E-state index contributed by atoms with van der Waals surface area (Å²) in [5, 5.41) is 0. The molecule has 0 fully saturated rings. The van der Waals surface area contributed by atoms with Crippen molar-refractivity contribution in [3.63, 3.8) is 0 Å². The Balaban J connectivity index is 0. The Kier molecular flexibility index (Phi) is 132. The Labute approximate surface area is 89.8 Å². The van der Waals surface area contributed by atoms with Gasteiger partial charge in [-0.1, -0.05) is 0 Å². The van der Waals surface area contributed by atoms with Gasteiger partial charge < -0.3 is 21.7 Å². The molecule has 0 rings (SSSR count). The van der Waals surface area contributed by atoms with Crippen LogP contribution in [0.15, 0.2) is 0 Å². The van der Waals surface area contributed by atoms with Crippen molar-refractivity contribution in [3.05, 3.63) is 0 Å². The Hall–Kier alpha value is 2.64. The van der Waals surface area contributed by atoms with Gasteiger partial charge in [-0.25, -0.2) is 0 Å². The van der Waals surface area contributed by atoms with Crippen molar-refractivity contribution in [2.75, 3.05) is 0 Å². The van der Waals surface area contributed by atoms with Gasteiger partial charge >= 0.3 is 70.2 Å². The van der Waals surface area contributed by atoms with E-state index in [9.17, 15) is 0 Å². The molecule has 0 aliphatic heterocycles. The van der Waals surface area contributed by atoms with Gasteiger partial charge in [0, 0.05) is 0 Å². The molecule has 0 aromatic carbocycles. The third kappa shape index (κ3) is 8.82. The van der Waals surface area contributed by atoms with Crippen LogP contribution in [-0.4, -0.2) is 0 Å². The molecule has 0 nitrogen and oxygen atoms in total. The van der Waals surface area contributed by atoms with Crippen LogP contribution in [0, 0.1) is 0 Å². The summed E-state index contributed by atoms with van der Waals surface area (Å²) in [4.78, 5) is 0. The third-order valence-electron chi connectivity index (χ3n) is 0. The normalized spacial score (nSPS) is 0. The average molecular weight is 145 g/mol. The summed E-state index contributed by atoms with van der Waals surface area (Å²) in [6.45, 7) is 0. The summed E-state index contributed by atoms with van der Waals surface area (Å²) in [5.74, 6) is 0. The fraction of sp³-hybridized carbons (Fsp3) is 0. The molecule has 0 spiro atoms. The van der Waals surface area contributed by atoms with E-state index in [-0.39, 0.29) is 91.9 Å². The minimum atomic E-state index is 0. The van der Waals surface area contributed by atoms with Gasteiger partial charge in [-0.2, -0.15) is 0 Å². The molecule has 0 heterocycles. The number of halogens is 2. The summed E-state index contributed by atoms with van der Waals surface area (Å²) in [5.41, 5.74) is 0. The molecule has 0 radical (unpaired) electrons. The molecule has 4 heavy (non-hydrogen) atoms. The van der Waals surface area contributed by atoms with Crippen LogP contribution >= 0.6 is 0 Å². The molecule has 0 amide bonds. The van der Waals surface area contributed by atoms with Crippen LogP contribution in [0.3, 0.4) is 0 Å². The molecular weight excluding hydrogens is 145 g/mol. The summed E-state index contributed by atoms with van der Waals surface area (Å²) in [6.07, 6.45) is 0. The first kappa shape index (κ1) is 30.3. The summed E-state index contributed by atoms with van der Waals surface area (Å²) < 4.78 is 0. The second-order valence-corrected chi connectivity index (χ2v) is 0. The van der Waals surface area contributed by atoms with Crippen LogP contribution < -0.4 is 91.9 Å². The van der Waals surface area contributed by atoms with E-state index in [1.807, 2.05) is 0 Å². The Morgan fingerprint density at radius 3 is 1.00 bits per heavy atom. The van der Waals surface area contributed by atoms with E-state index >= 15 is 0 Å². The molecule has 0 aliphatic carbocycles. The topological polar surface area (TPSA) is 0 Å².